The molecule has 0 unspecified atom stereocenters. The lowest BCUT2D eigenvalue weighted by Gasteiger charge is -2.35. The van der Waals surface area contributed by atoms with Crippen LogP contribution >= 0.6 is 0 Å². The Balaban J connectivity index is 0.000000168. The Kier molecular flexibility index (Phi) is 27.1. The molecule has 0 aliphatic heterocycles. The quantitative estimate of drug-likeness (QED) is 0.0667. The van der Waals surface area contributed by atoms with Gasteiger partial charge >= 0.3 is 0 Å². The number of anilines is 5. The number of fused-ring (bicyclic) bond motifs is 1. The number of rotatable bonds is 21. The highest BCUT2D eigenvalue weighted by Crippen LogP contribution is 2.48. The smallest absolute Gasteiger partial charge is 0.110 e. The van der Waals surface area contributed by atoms with Crippen LogP contribution in [0.2, 0.25) is 0 Å². The summed E-state index contributed by atoms with van der Waals surface area (Å²) in [6, 6.07) is 97.1. The fourth-order valence-corrected chi connectivity index (χ4v) is 13.0. The molecule has 0 saturated carbocycles. The van der Waals surface area contributed by atoms with E-state index in [0.29, 0.717) is 0 Å². The van der Waals surface area contributed by atoms with Gasteiger partial charge in [0.1, 0.15) is 22.7 Å². The van der Waals surface area contributed by atoms with Crippen LogP contribution < -0.4 is 19.6 Å². The molecular formula is C95H108N12. The SMILES string of the molecule is CCC(C)(C)c1cc(N=Nc2ccccc2)c(N(C)C)c(C(C)(C)CC)c1.CN(C)c1c(N=Nc2ccccc2)cc(C(C)(C)c2ccccc2)cc1C(C)(C)c1ccccc1.CN(c1ccccc1)c1c(N=Nc2ccccc2)ccc2ccccc12.Cc1cc(C)c(N(C)C)c(N=Nc2ccccc2)c1. The third-order valence-corrected chi connectivity index (χ3v) is 20.1. The summed E-state index contributed by atoms with van der Waals surface area (Å²) >= 11 is 0. The third-order valence-electron chi connectivity index (χ3n) is 20.1. The second kappa shape index (κ2) is 36.5. The number of aryl methyl sites for hydroxylation is 2. The van der Waals surface area contributed by atoms with E-state index in [4.69, 9.17) is 10.2 Å². The van der Waals surface area contributed by atoms with Crippen LogP contribution in [0.15, 0.2) is 326 Å². The van der Waals surface area contributed by atoms with Gasteiger partial charge in [-0.1, -0.05) is 269 Å². The fraction of sp³-hybridized carbons (Fsp3) is 0.263. The molecule has 12 rings (SSSR count). The van der Waals surface area contributed by atoms with Gasteiger partial charge < -0.3 is 19.6 Å². The van der Waals surface area contributed by atoms with Gasteiger partial charge in [0.15, 0.2) is 0 Å². The molecule has 0 N–H and O–H groups in total. The highest BCUT2D eigenvalue weighted by atomic mass is 15.2. The van der Waals surface area contributed by atoms with E-state index in [2.05, 4.69) is 308 Å². The Morgan fingerprint density at radius 3 is 1.07 bits per heavy atom. The van der Waals surface area contributed by atoms with Gasteiger partial charge in [-0.05, 0) is 172 Å². The first-order valence-electron chi connectivity index (χ1n) is 37.0. The minimum Gasteiger partial charge on any atom is -0.376 e. The van der Waals surface area contributed by atoms with E-state index in [-0.39, 0.29) is 21.7 Å². The number of hydrogen-bond acceptors (Lipinski definition) is 12. The molecule has 0 aromatic heterocycles. The highest BCUT2D eigenvalue weighted by molar-refractivity contribution is 6.01. The van der Waals surface area contributed by atoms with Crippen molar-refractivity contribution >= 4 is 84.7 Å². The van der Waals surface area contributed by atoms with E-state index in [1.807, 2.05) is 160 Å². The highest BCUT2D eigenvalue weighted by Gasteiger charge is 2.34. The topological polar surface area (TPSA) is 112 Å². The van der Waals surface area contributed by atoms with Gasteiger partial charge in [-0.2, -0.15) is 20.5 Å². The minimum atomic E-state index is -0.235. The van der Waals surface area contributed by atoms with Crippen molar-refractivity contribution in [3.8, 4) is 0 Å². The van der Waals surface area contributed by atoms with Crippen molar-refractivity contribution < 1.29 is 0 Å². The van der Waals surface area contributed by atoms with Crippen LogP contribution in [0.25, 0.3) is 10.8 Å². The van der Waals surface area contributed by atoms with Gasteiger partial charge in [0.05, 0.1) is 45.5 Å². The summed E-state index contributed by atoms with van der Waals surface area (Å²) in [5, 5.41) is 38.7. The molecule has 107 heavy (non-hydrogen) atoms. The van der Waals surface area contributed by atoms with Crippen LogP contribution in [0.1, 0.15) is 127 Å². The molecule has 12 aromatic carbocycles. The molecule has 12 aromatic rings. The molecule has 0 amide bonds. The lowest BCUT2D eigenvalue weighted by molar-refractivity contribution is 0.489. The van der Waals surface area contributed by atoms with Gasteiger partial charge in [-0.3, -0.25) is 0 Å². The van der Waals surface area contributed by atoms with Crippen LogP contribution in [0, 0.1) is 13.8 Å². The molecule has 12 nitrogen and oxygen atoms in total. The second-order valence-corrected chi connectivity index (χ2v) is 30.1. The first-order chi connectivity index (χ1) is 51.2. The van der Waals surface area contributed by atoms with E-state index < -0.39 is 0 Å². The predicted molar refractivity (Wildman–Crippen MR) is 456 cm³/mol. The standard InChI is InChI=1S/C32H35N3.C24H35N3.C23H19N3.C16H19N3/c1-31(2,24-16-10-7-11-17-24)26-22-28(32(3,4)25-18-12-8-13-19-25)30(35(5)6)29(23-26)34-33-27-20-14-9-15-21-27;1-9-23(3,4)18-16-20(24(5,6)10-2)22(27(7)8)21(17-18)26-25-19-14-12-11-13-15-19;1-26(20-13-6-3-7-14-20)23-21-15-9-8-10-18(21)16-17-22(23)25-24-19-11-4-2-5-12-19;1-12-10-13(2)16(19(3)4)15(11-12)18-17-14-8-6-5-7-9-14/h7-23H,1-6H3;11-17H,9-10H2,1-8H3;2-17H,1H3;5-11H,1-4H3. The molecular weight excluding hydrogens is 1310 g/mol. The summed E-state index contributed by atoms with van der Waals surface area (Å²) in [5.41, 5.74) is 22.3. The Bertz CT molecular complexity index is 4930. The second-order valence-electron chi connectivity index (χ2n) is 30.1. The summed E-state index contributed by atoms with van der Waals surface area (Å²) in [5.74, 6) is 0. The molecule has 0 spiro atoms. The zero-order chi connectivity index (χ0) is 76.9. The lowest BCUT2D eigenvalue weighted by atomic mass is 9.72. The van der Waals surface area contributed by atoms with Gasteiger partial charge in [-0.25, -0.2) is 0 Å². The van der Waals surface area contributed by atoms with E-state index in [1.54, 1.807) is 0 Å². The van der Waals surface area contributed by atoms with E-state index in [0.717, 1.165) is 92.2 Å². The van der Waals surface area contributed by atoms with Gasteiger partial charge in [0.25, 0.3) is 0 Å². The summed E-state index contributed by atoms with van der Waals surface area (Å²) in [4.78, 5) is 8.59. The molecule has 0 heterocycles. The van der Waals surface area contributed by atoms with E-state index >= 15 is 0 Å². The summed E-state index contributed by atoms with van der Waals surface area (Å²) < 4.78 is 0. The first-order valence-corrected chi connectivity index (χ1v) is 37.0. The zero-order valence-corrected chi connectivity index (χ0v) is 66.4. The molecule has 0 bridgehead atoms. The van der Waals surface area contributed by atoms with Crippen LogP contribution in [0.3, 0.4) is 0 Å². The maximum atomic E-state index is 4.82. The van der Waals surface area contributed by atoms with Crippen LogP contribution in [0.5, 0.6) is 0 Å². The number of benzene rings is 12. The summed E-state index contributed by atoms with van der Waals surface area (Å²) in [6.45, 7) is 27.1. The van der Waals surface area contributed by atoms with E-state index in [9.17, 15) is 0 Å². The molecule has 0 aliphatic rings. The number of azo groups is 4. The Morgan fingerprint density at radius 1 is 0.280 bits per heavy atom. The summed E-state index contributed by atoms with van der Waals surface area (Å²) in [6.07, 6.45) is 2.15. The predicted octanol–water partition coefficient (Wildman–Crippen LogP) is 28.2. The zero-order valence-electron chi connectivity index (χ0n) is 66.4. The molecule has 548 valence electrons. The van der Waals surface area contributed by atoms with Gasteiger partial charge in [0.2, 0.25) is 0 Å². The Labute approximate surface area is 638 Å². The normalized spacial score (nSPS) is 11.8. The van der Waals surface area contributed by atoms with Gasteiger partial charge in [0, 0.05) is 71.2 Å². The Hall–Kier alpha value is -11.5. The maximum absolute atomic E-state index is 4.82. The molecule has 0 radical (unpaired) electrons. The molecule has 0 saturated heterocycles. The lowest BCUT2D eigenvalue weighted by Crippen LogP contribution is -2.26. The Morgan fingerprint density at radius 2 is 0.636 bits per heavy atom. The van der Waals surface area contributed by atoms with E-state index in [1.165, 1.54) is 49.9 Å². The minimum absolute atomic E-state index is 0.0659. The molecule has 0 aliphatic carbocycles. The van der Waals surface area contributed by atoms with Gasteiger partial charge in [-0.15, -0.1) is 20.5 Å². The number of para-hydroxylation sites is 1. The van der Waals surface area contributed by atoms with Crippen molar-refractivity contribution in [2.75, 3.05) is 68.9 Å². The van der Waals surface area contributed by atoms with Crippen molar-refractivity contribution in [3.63, 3.8) is 0 Å². The molecule has 0 fully saturated rings. The van der Waals surface area contributed by atoms with Crippen molar-refractivity contribution in [1.29, 1.82) is 0 Å². The number of nitrogens with zero attached hydrogens (tertiary/aromatic N) is 12. The number of hydrogen-bond donors (Lipinski definition) is 0. The molecule has 12 heteroatoms. The monoisotopic (exact) mass is 1420 g/mol. The van der Waals surface area contributed by atoms with Crippen molar-refractivity contribution in [2.45, 2.75) is 118 Å². The maximum Gasteiger partial charge on any atom is 0.110 e. The fourth-order valence-electron chi connectivity index (χ4n) is 13.0. The van der Waals surface area contributed by atoms with Crippen molar-refractivity contribution in [1.82, 2.24) is 0 Å². The van der Waals surface area contributed by atoms with Crippen molar-refractivity contribution in [3.05, 3.63) is 330 Å². The molecule has 0 atom stereocenters. The average molecular weight is 1420 g/mol. The average Bonchev–Trinajstić information content (AvgIpc) is 0.744. The van der Waals surface area contributed by atoms with Crippen LogP contribution in [0.4, 0.5) is 73.9 Å². The van der Waals surface area contributed by atoms with Crippen LogP contribution in [-0.4, -0.2) is 49.3 Å². The largest absolute Gasteiger partial charge is 0.376 e. The first kappa shape index (κ1) is 79.6. The summed E-state index contributed by atoms with van der Waals surface area (Å²) in [7, 11) is 14.5. The van der Waals surface area contributed by atoms with Crippen LogP contribution in [-0.2, 0) is 21.7 Å². The third kappa shape index (κ3) is 20.5. The van der Waals surface area contributed by atoms with Crippen molar-refractivity contribution in [2.24, 2.45) is 40.9 Å².